The van der Waals surface area contributed by atoms with Gasteiger partial charge in [-0.15, -0.1) is 0 Å². The van der Waals surface area contributed by atoms with Gasteiger partial charge >= 0.3 is 5.97 Å². The number of aryl methyl sites for hydroxylation is 1. The van der Waals surface area contributed by atoms with Crippen LogP contribution in [0.15, 0.2) is 30.3 Å². The number of benzene rings is 1. The lowest BCUT2D eigenvalue weighted by Crippen LogP contribution is -2.59. The molecule has 15 nitrogen and oxygen atoms in total. The molecule has 0 heterocycles. The highest BCUT2D eigenvalue weighted by Crippen LogP contribution is 2.19. The highest BCUT2D eigenvalue weighted by molar-refractivity contribution is 6.01. The van der Waals surface area contributed by atoms with Gasteiger partial charge in [-0.25, -0.2) is 4.79 Å². The van der Waals surface area contributed by atoms with E-state index in [-0.39, 0.29) is 13.0 Å². The maximum Gasteiger partial charge on any atom is 0.329 e. The predicted octanol–water partition coefficient (Wildman–Crippen LogP) is -1.28. The second-order valence-electron chi connectivity index (χ2n) is 11.8. The van der Waals surface area contributed by atoms with E-state index in [1.807, 2.05) is 30.3 Å². The molecular formula is C32H52N6O9. The van der Waals surface area contributed by atoms with Crippen LogP contribution in [0.1, 0.15) is 58.9 Å². The molecule has 0 radical (unpaired) electrons. The molecule has 1 aromatic carbocycles. The van der Waals surface area contributed by atoms with E-state index in [4.69, 9.17) is 21.3 Å². The lowest BCUT2D eigenvalue weighted by Gasteiger charge is -2.34. The number of unbranched alkanes of at least 4 members (excludes halogenated alkanes) is 2. The van der Waals surface area contributed by atoms with E-state index in [9.17, 15) is 33.9 Å². The molecule has 0 aliphatic carbocycles. The summed E-state index contributed by atoms with van der Waals surface area (Å²) in [6.07, 6.45) is 2.82. The maximum atomic E-state index is 13.7. The zero-order valence-corrected chi connectivity index (χ0v) is 27.9. The molecule has 0 bridgehead atoms. The van der Waals surface area contributed by atoms with Gasteiger partial charge in [-0.3, -0.25) is 28.9 Å². The third-order valence-electron chi connectivity index (χ3n) is 7.66. The van der Waals surface area contributed by atoms with Crippen LogP contribution in [-0.4, -0.2) is 108 Å². The zero-order valence-electron chi connectivity index (χ0n) is 27.9. The van der Waals surface area contributed by atoms with Crippen LogP contribution in [0.2, 0.25) is 0 Å². The summed E-state index contributed by atoms with van der Waals surface area (Å²) in [5, 5.41) is 26.3. The second-order valence-corrected chi connectivity index (χ2v) is 11.8. The van der Waals surface area contributed by atoms with Crippen molar-refractivity contribution in [3.05, 3.63) is 35.9 Å². The summed E-state index contributed by atoms with van der Waals surface area (Å²) >= 11 is 0. The van der Waals surface area contributed by atoms with E-state index in [0.717, 1.165) is 24.9 Å². The third-order valence-corrected chi connectivity index (χ3v) is 7.66. The smallest absolute Gasteiger partial charge is 0.329 e. The van der Waals surface area contributed by atoms with Gasteiger partial charge in [0.1, 0.15) is 24.2 Å². The molecule has 264 valence electrons. The number of aliphatic hydroxyl groups is 2. The van der Waals surface area contributed by atoms with Gasteiger partial charge in [0.15, 0.2) is 0 Å². The summed E-state index contributed by atoms with van der Waals surface area (Å²) in [6, 6.07) is 3.78. The topological polar surface area (TPSA) is 243 Å². The van der Waals surface area contributed by atoms with Gasteiger partial charge in [-0.05, 0) is 44.6 Å². The van der Waals surface area contributed by atoms with Gasteiger partial charge in [0.05, 0.1) is 19.8 Å². The van der Waals surface area contributed by atoms with E-state index >= 15 is 0 Å². The molecule has 0 spiro atoms. The third kappa shape index (κ3) is 13.4. The number of nitrogens with zero attached hydrogens (tertiary/aromatic N) is 1. The Labute approximate surface area is 276 Å². The minimum absolute atomic E-state index is 0.0178. The summed E-state index contributed by atoms with van der Waals surface area (Å²) in [4.78, 5) is 77.7. The monoisotopic (exact) mass is 664 g/mol. The van der Waals surface area contributed by atoms with E-state index in [1.54, 1.807) is 13.8 Å². The van der Waals surface area contributed by atoms with Crippen LogP contribution < -0.4 is 27.4 Å². The number of esters is 1. The fraction of sp³-hybridized carbons (Fsp3) is 0.625. The number of nitrogens with one attached hydrogen (secondary N) is 3. The molecule has 0 fully saturated rings. The largest absolute Gasteiger partial charge is 0.467 e. The molecule has 0 saturated carbocycles. The second kappa shape index (κ2) is 21.1. The number of hydrogen-bond acceptors (Lipinski definition) is 11. The first kappa shape index (κ1) is 41.1. The van der Waals surface area contributed by atoms with Crippen molar-refractivity contribution in [3.63, 3.8) is 0 Å². The van der Waals surface area contributed by atoms with Crippen LogP contribution >= 0.6 is 0 Å². The minimum atomic E-state index is -1.48. The first-order chi connectivity index (χ1) is 22.2. The number of hydrogen-bond donors (Lipinski definition) is 7. The quantitative estimate of drug-likeness (QED) is 0.0640. The van der Waals surface area contributed by atoms with Crippen molar-refractivity contribution in [3.8, 4) is 0 Å². The van der Waals surface area contributed by atoms with Crippen molar-refractivity contribution in [1.29, 1.82) is 0 Å². The number of nitrogens with two attached hydrogens (primary N) is 2. The Morgan fingerprint density at radius 3 is 1.98 bits per heavy atom. The Kier molecular flexibility index (Phi) is 18.4. The van der Waals surface area contributed by atoms with E-state index in [0.29, 0.717) is 12.8 Å². The molecule has 5 amide bonds. The Balaban J connectivity index is 2.91. The number of amides is 5. The number of carbonyl (C=O) groups excluding carboxylic acids is 6. The molecule has 47 heavy (non-hydrogen) atoms. The molecule has 1 rings (SSSR count). The summed E-state index contributed by atoms with van der Waals surface area (Å²) in [5.74, 6) is -5.99. The Bertz CT molecular complexity index is 1180. The van der Waals surface area contributed by atoms with Gasteiger partial charge in [0.25, 0.3) is 0 Å². The van der Waals surface area contributed by atoms with Crippen molar-refractivity contribution < 1.29 is 43.7 Å². The van der Waals surface area contributed by atoms with Crippen LogP contribution in [0.5, 0.6) is 0 Å². The molecule has 9 N–H and O–H groups in total. The van der Waals surface area contributed by atoms with Crippen molar-refractivity contribution in [2.75, 3.05) is 26.9 Å². The fourth-order valence-electron chi connectivity index (χ4n) is 4.68. The fourth-order valence-corrected chi connectivity index (χ4v) is 4.68. The summed E-state index contributed by atoms with van der Waals surface area (Å²) in [7, 11) is 1.15. The van der Waals surface area contributed by atoms with Crippen LogP contribution in [0, 0.1) is 11.8 Å². The van der Waals surface area contributed by atoms with Crippen molar-refractivity contribution in [2.24, 2.45) is 23.3 Å². The van der Waals surface area contributed by atoms with Crippen LogP contribution in [0.4, 0.5) is 0 Å². The molecule has 1 unspecified atom stereocenters. The Morgan fingerprint density at radius 1 is 0.830 bits per heavy atom. The molecular weight excluding hydrogens is 612 g/mol. The number of methoxy groups -OCH3 is 1. The zero-order chi connectivity index (χ0) is 35.7. The molecule has 0 aromatic heterocycles. The average molecular weight is 665 g/mol. The van der Waals surface area contributed by atoms with E-state index in [2.05, 4.69) is 16.0 Å². The number of rotatable bonds is 20. The van der Waals surface area contributed by atoms with Gasteiger partial charge in [-0.1, -0.05) is 50.6 Å². The van der Waals surface area contributed by atoms with Crippen LogP contribution in [-0.2, 0) is 39.9 Å². The average Bonchev–Trinajstić information content (AvgIpc) is 3.05. The normalized spacial score (nSPS) is 14.9. The molecule has 1 aromatic rings. The summed E-state index contributed by atoms with van der Waals surface area (Å²) in [5.41, 5.74) is 12.8. The highest BCUT2D eigenvalue weighted by Gasteiger charge is 2.41. The van der Waals surface area contributed by atoms with Crippen molar-refractivity contribution in [2.45, 2.75) is 90.0 Å². The Morgan fingerprint density at radius 2 is 1.43 bits per heavy atom. The molecule has 0 aliphatic rings. The van der Waals surface area contributed by atoms with Crippen LogP contribution in [0.25, 0.3) is 0 Å². The SMILES string of the molecule is COC(=O)[C@H](C(C)C)N(C(=O)CCCCCc1ccccc1)C(=O)[C@@H](N)C(CO)CNC(=O)[C@H](C)NC(=O)[C@H](C)NC(=O)[C@H](N)CO. The van der Waals surface area contributed by atoms with Gasteiger partial charge in [0.2, 0.25) is 29.5 Å². The van der Waals surface area contributed by atoms with Crippen molar-refractivity contribution >= 4 is 35.5 Å². The summed E-state index contributed by atoms with van der Waals surface area (Å²) in [6.45, 7) is 4.51. The first-order valence-corrected chi connectivity index (χ1v) is 15.8. The summed E-state index contributed by atoms with van der Waals surface area (Å²) < 4.78 is 4.90. The number of imide groups is 1. The molecule has 0 saturated heterocycles. The van der Waals surface area contributed by atoms with E-state index in [1.165, 1.54) is 19.4 Å². The van der Waals surface area contributed by atoms with Crippen LogP contribution in [0.3, 0.4) is 0 Å². The Hall–Kier alpha value is -3.92. The van der Waals surface area contributed by atoms with Crippen molar-refractivity contribution in [1.82, 2.24) is 20.9 Å². The molecule has 15 heteroatoms. The maximum absolute atomic E-state index is 13.7. The number of aliphatic hydroxyl groups excluding tert-OH is 2. The van der Waals surface area contributed by atoms with Gasteiger partial charge in [-0.2, -0.15) is 0 Å². The standard InChI is InChI=1S/C32H52N6O9/c1-19(2)27(32(46)47-5)38(25(41)15-11-7-10-14-22-12-8-6-9-13-22)31(45)26(34)23(17-39)16-35-28(42)20(3)36-29(43)21(4)37-30(44)24(33)18-40/h6,8-9,12-13,19-21,23-24,26-27,39-40H,7,10-11,14-18,33-34H2,1-5H3,(H,35,42)(H,36,43)(H,37,44)/t20-,21-,23?,24+,26-,27-/m0/s1. The van der Waals surface area contributed by atoms with Gasteiger partial charge < -0.3 is 42.4 Å². The molecule has 0 aliphatic heterocycles. The lowest BCUT2D eigenvalue weighted by atomic mass is 9.95. The number of carbonyl (C=O) groups is 6. The minimum Gasteiger partial charge on any atom is -0.467 e. The van der Waals surface area contributed by atoms with E-state index < -0.39 is 90.8 Å². The molecule has 6 atom stereocenters. The van der Waals surface area contributed by atoms with Gasteiger partial charge in [0, 0.05) is 25.5 Å². The number of ether oxygens (including phenoxy) is 1. The lowest BCUT2D eigenvalue weighted by molar-refractivity contribution is -0.163. The predicted molar refractivity (Wildman–Crippen MR) is 173 cm³/mol. The highest BCUT2D eigenvalue weighted by atomic mass is 16.5. The first-order valence-electron chi connectivity index (χ1n) is 15.8.